The molecule has 0 spiro atoms. The highest BCUT2D eigenvalue weighted by molar-refractivity contribution is 7.99. The van der Waals surface area contributed by atoms with Gasteiger partial charge in [-0.25, -0.2) is 8.78 Å². The first-order chi connectivity index (χ1) is 16.0. The van der Waals surface area contributed by atoms with Crippen molar-refractivity contribution in [3.63, 3.8) is 0 Å². The first kappa shape index (κ1) is 22.8. The summed E-state index contributed by atoms with van der Waals surface area (Å²) in [4.78, 5) is 28.1. The summed E-state index contributed by atoms with van der Waals surface area (Å²) >= 11 is 1.75. The number of carbonyl (C=O) groups is 2. The number of thioether (sulfide) groups is 1. The van der Waals surface area contributed by atoms with Gasteiger partial charge in [0.1, 0.15) is 17.7 Å². The number of nitrogens with one attached hydrogen (secondary N) is 2. The largest absolute Gasteiger partial charge is 0.360 e. The summed E-state index contributed by atoms with van der Waals surface area (Å²) in [6, 6.07) is 18.1. The number of hydrogen-bond donors (Lipinski definition) is 2. The van der Waals surface area contributed by atoms with Gasteiger partial charge in [0.15, 0.2) is 0 Å². The van der Waals surface area contributed by atoms with Gasteiger partial charge in [-0.3, -0.25) is 9.59 Å². The fraction of sp³-hybridized carbons (Fsp3) is 0.200. The molecule has 3 aromatic rings. The predicted molar refractivity (Wildman–Crippen MR) is 128 cm³/mol. The minimum absolute atomic E-state index is 0.149. The van der Waals surface area contributed by atoms with Gasteiger partial charge >= 0.3 is 0 Å². The average Bonchev–Trinajstić information content (AvgIpc) is 3.34. The van der Waals surface area contributed by atoms with E-state index in [2.05, 4.69) is 15.5 Å². The Morgan fingerprint density at radius 3 is 2.48 bits per heavy atom. The van der Waals surface area contributed by atoms with Crippen molar-refractivity contribution in [2.45, 2.75) is 12.5 Å². The van der Waals surface area contributed by atoms with Crippen LogP contribution < -0.4 is 15.5 Å². The number of amides is 2. The Morgan fingerprint density at radius 2 is 1.76 bits per heavy atom. The molecule has 0 aliphatic carbocycles. The van der Waals surface area contributed by atoms with Crippen molar-refractivity contribution in [3.8, 4) is 0 Å². The minimum atomic E-state index is -0.997. The summed E-state index contributed by atoms with van der Waals surface area (Å²) in [5.74, 6) is -0.669. The molecule has 1 saturated heterocycles. The molecule has 4 rings (SSSR count). The highest BCUT2D eigenvalue weighted by atomic mass is 32.2. The van der Waals surface area contributed by atoms with Crippen molar-refractivity contribution in [2.75, 3.05) is 28.4 Å². The maximum atomic E-state index is 14.1. The molecule has 5 nitrogen and oxygen atoms in total. The van der Waals surface area contributed by atoms with E-state index in [1.54, 1.807) is 23.9 Å². The molecule has 2 amide bonds. The summed E-state index contributed by atoms with van der Waals surface area (Å²) in [7, 11) is 0. The second kappa shape index (κ2) is 10.5. The van der Waals surface area contributed by atoms with Gasteiger partial charge < -0.3 is 15.5 Å². The van der Waals surface area contributed by atoms with Crippen molar-refractivity contribution in [1.82, 2.24) is 5.32 Å². The van der Waals surface area contributed by atoms with Gasteiger partial charge in [-0.1, -0.05) is 42.5 Å². The molecule has 1 aliphatic rings. The first-order valence-corrected chi connectivity index (χ1v) is 11.7. The zero-order valence-corrected chi connectivity index (χ0v) is 18.6. The molecule has 0 aromatic heterocycles. The average molecular weight is 468 g/mol. The molecule has 33 heavy (non-hydrogen) atoms. The number of carbonyl (C=O) groups excluding carboxylic acids is 2. The smallest absolute Gasteiger partial charge is 0.254 e. The molecule has 8 heteroatoms. The first-order valence-electron chi connectivity index (χ1n) is 10.5. The van der Waals surface area contributed by atoms with Gasteiger partial charge in [0, 0.05) is 18.7 Å². The van der Waals surface area contributed by atoms with E-state index in [1.807, 2.05) is 30.3 Å². The lowest BCUT2D eigenvalue weighted by atomic mass is 10.0. The van der Waals surface area contributed by atoms with E-state index >= 15 is 0 Å². The van der Waals surface area contributed by atoms with Gasteiger partial charge in [0.25, 0.3) is 5.91 Å². The van der Waals surface area contributed by atoms with Crippen LogP contribution in [0.5, 0.6) is 0 Å². The Balaban J connectivity index is 1.59. The zero-order chi connectivity index (χ0) is 23.2. The van der Waals surface area contributed by atoms with Crippen molar-refractivity contribution >= 4 is 35.0 Å². The molecule has 1 unspecified atom stereocenters. The van der Waals surface area contributed by atoms with Crippen LogP contribution in [0.1, 0.15) is 15.9 Å². The van der Waals surface area contributed by atoms with Gasteiger partial charge in [-0.05, 0) is 35.9 Å². The van der Waals surface area contributed by atoms with E-state index in [9.17, 15) is 18.4 Å². The van der Waals surface area contributed by atoms with Crippen molar-refractivity contribution in [2.24, 2.45) is 0 Å². The summed E-state index contributed by atoms with van der Waals surface area (Å²) in [5, 5.41) is 5.43. The minimum Gasteiger partial charge on any atom is -0.360 e. The Kier molecular flexibility index (Phi) is 7.24. The van der Waals surface area contributed by atoms with Crippen LogP contribution in [0.2, 0.25) is 0 Å². The molecule has 1 atom stereocenters. The number of halogens is 2. The highest BCUT2D eigenvalue weighted by Crippen LogP contribution is 2.31. The van der Waals surface area contributed by atoms with Gasteiger partial charge in [-0.2, -0.15) is 0 Å². The van der Waals surface area contributed by atoms with Crippen molar-refractivity contribution in [3.05, 3.63) is 95.6 Å². The zero-order valence-electron chi connectivity index (χ0n) is 17.8. The van der Waals surface area contributed by atoms with Crippen LogP contribution in [-0.2, 0) is 11.2 Å². The van der Waals surface area contributed by atoms with E-state index in [4.69, 9.17) is 0 Å². The molecule has 1 heterocycles. The highest BCUT2D eigenvalue weighted by Gasteiger charge is 2.25. The van der Waals surface area contributed by atoms with Crippen LogP contribution in [0.3, 0.4) is 0 Å². The molecule has 3 aromatic carbocycles. The van der Waals surface area contributed by atoms with Crippen LogP contribution in [0, 0.1) is 11.6 Å². The Morgan fingerprint density at radius 1 is 1.00 bits per heavy atom. The summed E-state index contributed by atoms with van der Waals surface area (Å²) in [6.07, 6.45) is 0.192. The summed E-state index contributed by atoms with van der Waals surface area (Å²) < 4.78 is 28.1. The second-order valence-electron chi connectivity index (χ2n) is 7.65. The normalized spacial score (nSPS) is 14.1. The maximum Gasteiger partial charge on any atom is 0.254 e. The van der Waals surface area contributed by atoms with Crippen molar-refractivity contribution < 1.29 is 18.4 Å². The fourth-order valence-corrected chi connectivity index (χ4v) is 4.62. The third kappa shape index (κ3) is 5.70. The molecular formula is C25H23F2N3O2S. The lowest BCUT2D eigenvalue weighted by Crippen LogP contribution is -2.45. The van der Waals surface area contributed by atoms with Crippen molar-refractivity contribution in [1.29, 1.82) is 0 Å². The molecule has 0 radical (unpaired) electrons. The van der Waals surface area contributed by atoms with E-state index in [-0.39, 0.29) is 12.0 Å². The lowest BCUT2D eigenvalue weighted by molar-refractivity contribution is -0.118. The Labute approximate surface area is 195 Å². The van der Waals surface area contributed by atoms with Crippen LogP contribution in [0.25, 0.3) is 0 Å². The van der Waals surface area contributed by atoms with Crippen LogP contribution in [0.15, 0.2) is 72.8 Å². The van der Waals surface area contributed by atoms with E-state index in [0.717, 1.165) is 23.7 Å². The van der Waals surface area contributed by atoms with Crippen LogP contribution in [-0.4, -0.2) is 36.0 Å². The lowest BCUT2D eigenvalue weighted by Gasteiger charge is -2.23. The van der Waals surface area contributed by atoms with Gasteiger partial charge in [-0.15, -0.1) is 11.8 Å². The standard InChI is InChI=1S/C25H23F2N3O2S/c26-18-10-11-23(30-12-13-33-16-30)21(15-18)28-25(32)22(14-17-6-2-1-3-7-17)29-24(31)19-8-4-5-9-20(19)27/h1-11,15,22H,12-14,16H2,(H,28,32)(H,29,31). The Bertz CT molecular complexity index is 1140. The summed E-state index contributed by atoms with van der Waals surface area (Å²) in [6.45, 7) is 0.788. The van der Waals surface area contributed by atoms with E-state index in [1.165, 1.54) is 30.3 Å². The number of rotatable bonds is 7. The molecule has 0 saturated carbocycles. The molecule has 2 N–H and O–H groups in total. The van der Waals surface area contributed by atoms with Crippen LogP contribution in [0.4, 0.5) is 20.2 Å². The monoisotopic (exact) mass is 467 g/mol. The number of benzene rings is 3. The summed E-state index contributed by atoms with van der Waals surface area (Å²) in [5.41, 5.74) is 1.72. The third-order valence-electron chi connectivity index (χ3n) is 5.33. The second-order valence-corrected chi connectivity index (χ2v) is 8.72. The quantitative estimate of drug-likeness (QED) is 0.539. The molecule has 0 bridgehead atoms. The molecule has 170 valence electrons. The number of nitrogens with zero attached hydrogens (tertiary/aromatic N) is 1. The fourth-order valence-electron chi connectivity index (χ4n) is 3.65. The topological polar surface area (TPSA) is 61.4 Å². The van der Waals surface area contributed by atoms with Gasteiger partial charge in [0.05, 0.1) is 22.8 Å². The van der Waals surface area contributed by atoms with E-state index < -0.39 is 29.5 Å². The van der Waals surface area contributed by atoms with Crippen LogP contribution >= 0.6 is 11.8 Å². The Hall–Kier alpha value is -3.39. The van der Waals surface area contributed by atoms with E-state index in [0.29, 0.717) is 11.4 Å². The number of hydrogen-bond acceptors (Lipinski definition) is 4. The molecule has 1 fully saturated rings. The molecular weight excluding hydrogens is 444 g/mol. The SMILES string of the molecule is O=C(NC(Cc1ccccc1)C(=O)Nc1cc(F)ccc1N1CCSC1)c1ccccc1F. The molecule has 1 aliphatic heterocycles. The maximum absolute atomic E-state index is 14.1. The number of anilines is 2. The third-order valence-corrected chi connectivity index (χ3v) is 6.30. The van der Waals surface area contributed by atoms with Gasteiger partial charge in [0.2, 0.25) is 5.91 Å². The predicted octanol–water partition coefficient (Wildman–Crippen LogP) is 4.46.